The van der Waals surface area contributed by atoms with Crippen molar-refractivity contribution in [3.05, 3.63) is 42.6 Å². The molecular weight excluding hydrogens is 247 g/mol. The van der Waals surface area contributed by atoms with Gasteiger partial charge in [0.1, 0.15) is 11.5 Å². The molecule has 0 bridgehead atoms. The van der Waals surface area contributed by atoms with E-state index < -0.39 is 6.36 Å². The summed E-state index contributed by atoms with van der Waals surface area (Å²) in [5, 5.41) is 9.08. The molecule has 2 rings (SSSR count). The van der Waals surface area contributed by atoms with Gasteiger partial charge in [-0.1, -0.05) is 12.1 Å². The summed E-state index contributed by atoms with van der Waals surface area (Å²) >= 11 is 0. The quantitative estimate of drug-likeness (QED) is 0.894. The van der Waals surface area contributed by atoms with Crippen LogP contribution in [0.3, 0.4) is 0 Å². The van der Waals surface area contributed by atoms with E-state index in [0.717, 1.165) is 0 Å². The minimum Gasteiger partial charge on any atom is -0.506 e. The molecule has 0 atom stereocenters. The number of aromatic hydroxyl groups is 1. The number of ether oxygens (including phenoxy) is 1. The van der Waals surface area contributed by atoms with Crippen LogP contribution >= 0.6 is 0 Å². The van der Waals surface area contributed by atoms with Gasteiger partial charge in [0.15, 0.2) is 0 Å². The molecule has 3 nitrogen and oxygen atoms in total. The predicted molar refractivity (Wildman–Crippen MR) is 58.0 cm³/mol. The van der Waals surface area contributed by atoms with E-state index in [1.165, 1.54) is 36.5 Å². The Morgan fingerprint density at radius 2 is 1.89 bits per heavy atom. The lowest BCUT2D eigenvalue weighted by Gasteiger charge is -2.09. The molecule has 0 amide bonds. The number of pyridine rings is 1. The molecule has 2 aromatic rings. The smallest absolute Gasteiger partial charge is 0.506 e. The highest BCUT2D eigenvalue weighted by Gasteiger charge is 2.31. The van der Waals surface area contributed by atoms with Crippen LogP contribution in [0.1, 0.15) is 0 Å². The first-order chi connectivity index (χ1) is 8.44. The topological polar surface area (TPSA) is 42.4 Å². The highest BCUT2D eigenvalue weighted by atomic mass is 19.4. The van der Waals surface area contributed by atoms with E-state index in [-0.39, 0.29) is 11.5 Å². The van der Waals surface area contributed by atoms with Crippen LogP contribution in [-0.2, 0) is 0 Å². The van der Waals surface area contributed by atoms with Crippen LogP contribution in [0.4, 0.5) is 13.2 Å². The summed E-state index contributed by atoms with van der Waals surface area (Å²) in [4.78, 5) is 3.90. The van der Waals surface area contributed by atoms with Gasteiger partial charge in [0.05, 0.1) is 11.9 Å². The Balaban J connectivity index is 2.29. The van der Waals surface area contributed by atoms with Crippen molar-refractivity contribution in [1.82, 2.24) is 4.98 Å². The van der Waals surface area contributed by atoms with Gasteiger partial charge in [0.2, 0.25) is 0 Å². The van der Waals surface area contributed by atoms with Crippen molar-refractivity contribution in [2.75, 3.05) is 0 Å². The van der Waals surface area contributed by atoms with Crippen LogP contribution in [0.25, 0.3) is 11.3 Å². The van der Waals surface area contributed by atoms with Crippen LogP contribution in [0.15, 0.2) is 42.6 Å². The van der Waals surface area contributed by atoms with Crippen molar-refractivity contribution in [2.45, 2.75) is 6.36 Å². The lowest BCUT2D eigenvalue weighted by molar-refractivity contribution is -0.274. The first-order valence-corrected chi connectivity index (χ1v) is 4.95. The van der Waals surface area contributed by atoms with Gasteiger partial charge in [0.25, 0.3) is 0 Å². The van der Waals surface area contributed by atoms with Crippen LogP contribution in [-0.4, -0.2) is 16.5 Å². The maximum atomic E-state index is 12.1. The van der Waals surface area contributed by atoms with E-state index in [1.807, 2.05) is 0 Å². The number of alkyl halides is 3. The normalized spacial score (nSPS) is 11.3. The minimum atomic E-state index is -4.72. The maximum Gasteiger partial charge on any atom is 0.573 e. The predicted octanol–water partition coefficient (Wildman–Crippen LogP) is 3.35. The molecular formula is C12H8F3NO2. The van der Waals surface area contributed by atoms with Crippen LogP contribution in [0.5, 0.6) is 11.5 Å². The van der Waals surface area contributed by atoms with E-state index in [1.54, 1.807) is 6.07 Å². The average Bonchev–Trinajstić information content (AvgIpc) is 2.28. The molecule has 1 N–H and O–H groups in total. The molecule has 1 aromatic heterocycles. The van der Waals surface area contributed by atoms with Crippen molar-refractivity contribution in [3.8, 4) is 22.8 Å². The van der Waals surface area contributed by atoms with Crippen LogP contribution < -0.4 is 4.74 Å². The molecule has 0 unspecified atom stereocenters. The fourth-order valence-corrected chi connectivity index (χ4v) is 1.41. The summed E-state index contributed by atoms with van der Waals surface area (Å²) in [7, 11) is 0. The van der Waals surface area contributed by atoms with Crippen molar-refractivity contribution >= 4 is 0 Å². The molecule has 0 spiro atoms. The molecule has 0 saturated carbocycles. The first kappa shape index (κ1) is 12.2. The van der Waals surface area contributed by atoms with Crippen LogP contribution in [0, 0.1) is 0 Å². The maximum absolute atomic E-state index is 12.1. The second-order valence-corrected chi connectivity index (χ2v) is 3.48. The third kappa shape index (κ3) is 3.13. The Morgan fingerprint density at radius 3 is 2.50 bits per heavy atom. The zero-order valence-corrected chi connectivity index (χ0v) is 8.98. The lowest BCUT2D eigenvalue weighted by Crippen LogP contribution is -2.17. The highest BCUT2D eigenvalue weighted by molar-refractivity contribution is 5.61. The number of nitrogens with zero attached hydrogens (tertiary/aromatic N) is 1. The van der Waals surface area contributed by atoms with Gasteiger partial charge >= 0.3 is 6.36 Å². The fraction of sp³-hybridized carbons (Fsp3) is 0.0833. The Bertz CT molecular complexity index is 538. The zero-order valence-electron chi connectivity index (χ0n) is 8.98. The number of hydrogen-bond acceptors (Lipinski definition) is 3. The van der Waals surface area contributed by atoms with Gasteiger partial charge in [-0.05, 0) is 24.3 Å². The number of aromatic nitrogens is 1. The van der Waals surface area contributed by atoms with Gasteiger partial charge in [-0.2, -0.15) is 0 Å². The molecule has 1 aromatic carbocycles. The van der Waals surface area contributed by atoms with Gasteiger partial charge in [0, 0.05) is 5.56 Å². The van der Waals surface area contributed by atoms with Crippen molar-refractivity contribution in [1.29, 1.82) is 0 Å². The molecule has 18 heavy (non-hydrogen) atoms. The SMILES string of the molecule is Oc1ccc(-c2cccc(OC(F)(F)F)c2)nc1. The highest BCUT2D eigenvalue weighted by Crippen LogP contribution is 2.27. The molecule has 0 aliphatic rings. The summed E-state index contributed by atoms with van der Waals surface area (Å²) in [6.45, 7) is 0. The largest absolute Gasteiger partial charge is 0.573 e. The number of hydrogen-bond donors (Lipinski definition) is 1. The second kappa shape index (κ2) is 4.56. The van der Waals surface area contributed by atoms with E-state index >= 15 is 0 Å². The van der Waals surface area contributed by atoms with E-state index in [9.17, 15) is 13.2 Å². The lowest BCUT2D eigenvalue weighted by atomic mass is 10.1. The number of halogens is 3. The molecule has 0 radical (unpaired) electrons. The van der Waals surface area contributed by atoms with Gasteiger partial charge in [-0.25, -0.2) is 0 Å². The van der Waals surface area contributed by atoms with Gasteiger partial charge < -0.3 is 9.84 Å². The Kier molecular flexibility index (Phi) is 3.10. The molecule has 1 heterocycles. The fourth-order valence-electron chi connectivity index (χ4n) is 1.41. The third-order valence-corrected chi connectivity index (χ3v) is 2.11. The Morgan fingerprint density at radius 1 is 1.11 bits per heavy atom. The molecule has 0 aliphatic carbocycles. The molecule has 6 heteroatoms. The summed E-state index contributed by atoms with van der Waals surface area (Å²) < 4.78 is 40.0. The standard InChI is InChI=1S/C12H8F3NO2/c13-12(14,15)18-10-3-1-2-8(6-10)11-5-4-9(17)7-16-11/h1-7,17H. The number of rotatable bonds is 2. The first-order valence-electron chi connectivity index (χ1n) is 4.95. The summed E-state index contributed by atoms with van der Waals surface area (Å²) in [5.74, 6) is -0.323. The average molecular weight is 255 g/mol. The third-order valence-electron chi connectivity index (χ3n) is 2.11. The van der Waals surface area contributed by atoms with Crippen molar-refractivity contribution in [2.24, 2.45) is 0 Å². The molecule has 94 valence electrons. The van der Waals surface area contributed by atoms with Crippen molar-refractivity contribution in [3.63, 3.8) is 0 Å². The molecule has 0 saturated heterocycles. The Hall–Kier alpha value is -2.24. The minimum absolute atomic E-state index is 0.0125. The summed E-state index contributed by atoms with van der Waals surface area (Å²) in [6, 6.07) is 8.37. The summed E-state index contributed by atoms with van der Waals surface area (Å²) in [6.07, 6.45) is -3.51. The molecule has 0 aliphatic heterocycles. The van der Waals surface area contributed by atoms with Crippen molar-refractivity contribution < 1.29 is 23.0 Å². The van der Waals surface area contributed by atoms with Gasteiger partial charge in [-0.15, -0.1) is 13.2 Å². The van der Waals surface area contributed by atoms with Gasteiger partial charge in [-0.3, -0.25) is 4.98 Å². The number of benzene rings is 1. The summed E-state index contributed by atoms with van der Waals surface area (Å²) in [5.41, 5.74) is 0.914. The monoisotopic (exact) mass is 255 g/mol. The van der Waals surface area contributed by atoms with E-state index in [4.69, 9.17) is 5.11 Å². The Labute approximate surface area is 100 Å². The second-order valence-electron chi connectivity index (χ2n) is 3.48. The van der Waals surface area contributed by atoms with E-state index in [0.29, 0.717) is 11.3 Å². The van der Waals surface area contributed by atoms with Crippen LogP contribution in [0.2, 0.25) is 0 Å². The molecule has 0 fully saturated rings. The van der Waals surface area contributed by atoms with E-state index in [2.05, 4.69) is 9.72 Å². The zero-order chi connectivity index (χ0) is 13.2.